The average molecular weight is 120 g/mol. The molecular weight excluding hydrogens is 105 g/mol. The second kappa shape index (κ2) is 6.67. The van der Waals surface area contributed by atoms with E-state index in [9.17, 15) is 0 Å². The smallest absolute Gasteiger partial charge is 0.358 e. The van der Waals surface area contributed by atoms with E-state index in [-0.39, 0.29) is 26.3 Å². The van der Waals surface area contributed by atoms with Crippen LogP contribution in [0.1, 0.15) is 25.7 Å². The predicted molar refractivity (Wildman–Crippen MR) is 37.2 cm³/mol. The summed E-state index contributed by atoms with van der Waals surface area (Å²) < 4.78 is 0. The normalized spacial score (nSPS) is 19.7. The van der Waals surface area contributed by atoms with Crippen molar-refractivity contribution in [1.29, 1.82) is 0 Å². The van der Waals surface area contributed by atoms with Crippen molar-refractivity contribution in [2.45, 2.75) is 31.7 Å². The van der Waals surface area contributed by atoms with Gasteiger partial charge in [0.1, 0.15) is 0 Å². The van der Waals surface area contributed by atoms with Crippen molar-refractivity contribution >= 4 is 0 Å². The molecular formula is C7H15LiN-. The van der Waals surface area contributed by atoms with Crippen molar-refractivity contribution in [3.05, 3.63) is 13.8 Å². The van der Waals surface area contributed by atoms with Crippen LogP contribution < -0.4 is 24.6 Å². The Morgan fingerprint density at radius 3 is 1.89 bits per heavy atom. The van der Waals surface area contributed by atoms with E-state index in [1.54, 1.807) is 0 Å². The zero-order valence-corrected chi connectivity index (χ0v) is 6.56. The van der Waals surface area contributed by atoms with Gasteiger partial charge in [0.2, 0.25) is 0 Å². The minimum Gasteiger partial charge on any atom is -0.358 e. The Balaban J connectivity index is 0. The Hall–Kier alpha value is 0.557. The minimum absolute atomic E-state index is 0. The molecule has 50 valence electrons. The fraction of sp³-hybridized carbons (Fsp3) is 0.714. The number of rotatable bonds is 0. The molecule has 2 N–H and O–H groups in total. The van der Waals surface area contributed by atoms with Gasteiger partial charge in [-0.15, -0.1) is 0 Å². The molecule has 1 aliphatic carbocycles. The molecule has 0 saturated heterocycles. The SMILES string of the molecule is NC1CC[CH-]CC1.[CH3-].[Li+]. The Labute approximate surface area is 70.6 Å². The average Bonchev–Trinajstić information content (AvgIpc) is 1.69. The molecule has 2 heteroatoms. The van der Waals surface area contributed by atoms with Crippen molar-refractivity contribution in [2.75, 3.05) is 0 Å². The van der Waals surface area contributed by atoms with Crippen molar-refractivity contribution in [2.24, 2.45) is 5.73 Å². The van der Waals surface area contributed by atoms with E-state index < -0.39 is 0 Å². The Morgan fingerprint density at radius 1 is 1.22 bits per heavy atom. The van der Waals surface area contributed by atoms with Crippen LogP contribution in [0, 0.1) is 13.8 Å². The van der Waals surface area contributed by atoms with Gasteiger partial charge in [-0.2, -0.15) is 12.8 Å². The first-order valence-corrected chi connectivity index (χ1v) is 2.97. The van der Waals surface area contributed by atoms with Gasteiger partial charge < -0.3 is 19.6 Å². The van der Waals surface area contributed by atoms with Crippen molar-refractivity contribution in [1.82, 2.24) is 0 Å². The Bertz CT molecular complexity index is 50.9. The van der Waals surface area contributed by atoms with E-state index >= 15 is 0 Å². The van der Waals surface area contributed by atoms with E-state index in [0.717, 1.165) is 0 Å². The Kier molecular flexibility index (Phi) is 9.09. The number of hydrogen-bond donors (Lipinski definition) is 1. The molecule has 0 amide bonds. The van der Waals surface area contributed by atoms with Crippen LogP contribution in [0.5, 0.6) is 0 Å². The van der Waals surface area contributed by atoms with Gasteiger partial charge in [-0.3, -0.25) is 0 Å². The largest absolute Gasteiger partial charge is 1.00 e. The summed E-state index contributed by atoms with van der Waals surface area (Å²) >= 11 is 0. The second-order valence-electron chi connectivity index (χ2n) is 2.20. The molecule has 1 aliphatic rings. The predicted octanol–water partition coefficient (Wildman–Crippen LogP) is -1.45. The molecule has 0 atom stereocenters. The molecule has 0 spiro atoms. The third-order valence-electron chi connectivity index (χ3n) is 1.48. The zero-order chi connectivity index (χ0) is 5.11. The maximum atomic E-state index is 5.61. The summed E-state index contributed by atoms with van der Waals surface area (Å²) in [7, 11) is 0. The first-order chi connectivity index (χ1) is 3.39. The topological polar surface area (TPSA) is 26.0 Å². The summed E-state index contributed by atoms with van der Waals surface area (Å²) in [6.45, 7) is 0. The van der Waals surface area contributed by atoms with Crippen LogP contribution in [0.15, 0.2) is 0 Å². The molecule has 0 aromatic heterocycles. The van der Waals surface area contributed by atoms with E-state index in [0.29, 0.717) is 6.04 Å². The molecule has 9 heavy (non-hydrogen) atoms. The molecule has 0 heterocycles. The molecule has 1 nitrogen and oxygen atoms in total. The van der Waals surface area contributed by atoms with Crippen molar-refractivity contribution < 1.29 is 18.9 Å². The third-order valence-corrected chi connectivity index (χ3v) is 1.48. The van der Waals surface area contributed by atoms with Gasteiger partial charge in [-0.25, -0.2) is 0 Å². The molecule has 0 radical (unpaired) electrons. The summed E-state index contributed by atoms with van der Waals surface area (Å²) in [5.74, 6) is 0. The van der Waals surface area contributed by atoms with Crippen molar-refractivity contribution in [3.8, 4) is 0 Å². The van der Waals surface area contributed by atoms with Gasteiger partial charge in [0.25, 0.3) is 0 Å². The van der Waals surface area contributed by atoms with E-state index in [1.807, 2.05) is 0 Å². The minimum atomic E-state index is 0. The van der Waals surface area contributed by atoms with Crippen LogP contribution in [-0.4, -0.2) is 6.04 Å². The van der Waals surface area contributed by atoms with Crippen LogP contribution in [0.3, 0.4) is 0 Å². The van der Waals surface area contributed by atoms with Crippen LogP contribution in [-0.2, 0) is 0 Å². The fourth-order valence-electron chi connectivity index (χ4n) is 0.953. The molecule has 1 saturated carbocycles. The van der Waals surface area contributed by atoms with Crippen LogP contribution in [0.4, 0.5) is 0 Å². The Morgan fingerprint density at radius 2 is 1.67 bits per heavy atom. The summed E-state index contributed by atoms with van der Waals surface area (Å²) in [4.78, 5) is 0. The molecule has 1 fully saturated rings. The van der Waals surface area contributed by atoms with Gasteiger partial charge in [-0.1, -0.05) is 12.8 Å². The van der Waals surface area contributed by atoms with Gasteiger partial charge in [0.15, 0.2) is 0 Å². The summed E-state index contributed by atoms with van der Waals surface area (Å²) in [6, 6.07) is 0.505. The van der Waals surface area contributed by atoms with Gasteiger partial charge >= 0.3 is 18.9 Å². The maximum Gasteiger partial charge on any atom is 1.00 e. The first-order valence-electron chi connectivity index (χ1n) is 2.97. The molecule has 0 unspecified atom stereocenters. The summed E-state index contributed by atoms with van der Waals surface area (Å²) in [5, 5.41) is 0. The second-order valence-corrected chi connectivity index (χ2v) is 2.20. The van der Waals surface area contributed by atoms with Crippen molar-refractivity contribution in [3.63, 3.8) is 0 Å². The van der Waals surface area contributed by atoms with E-state index in [4.69, 9.17) is 5.73 Å². The van der Waals surface area contributed by atoms with E-state index in [2.05, 4.69) is 6.42 Å². The molecule has 0 aromatic rings. The van der Waals surface area contributed by atoms with Crippen LogP contribution in [0.2, 0.25) is 0 Å². The molecule has 0 aromatic carbocycles. The molecule has 1 rings (SSSR count). The van der Waals surface area contributed by atoms with Crippen LogP contribution >= 0.6 is 0 Å². The maximum absolute atomic E-state index is 5.61. The molecule has 0 aliphatic heterocycles. The number of nitrogens with two attached hydrogens (primary N) is 1. The zero-order valence-electron chi connectivity index (χ0n) is 6.56. The number of hydrogen-bond acceptors (Lipinski definition) is 1. The van der Waals surface area contributed by atoms with Gasteiger partial charge in [0, 0.05) is 0 Å². The van der Waals surface area contributed by atoms with E-state index in [1.165, 1.54) is 25.7 Å². The van der Waals surface area contributed by atoms with Gasteiger partial charge in [0.05, 0.1) is 0 Å². The van der Waals surface area contributed by atoms with Gasteiger partial charge in [-0.05, 0) is 6.04 Å². The molecule has 0 bridgehead atoms. The summed E-state index contributed by atoms with van der Waals surface area (Å²) in [6.07, 6.45) is 7.21. The monoisotopic (exact) mass is 120 g/mol. The fourth-order valence-corrected chi connectivity index (χ4v) is 0.953. The van der Waals surface area contributed by atoms with Crippen LogP contribution in [0.25, 0.3) is 0 Å². The quantitative estimate of drug-likeness (QED) is 0.307. The first kappa shape index (κ1) is 12.3. The summed E-state index contributed by atoms with van der Waals surface area (Å²) in [5.41, 5.74) is 5.61. The standard InChI is InChI=1S/C6H12N.CH3.Li/c7-6-4-2-1-3-5-6;;/h1,6H,2-5,7H2;1H3;/q2*-1;+1. The third kappa shape index (κ3) is 5.02.